The maximum absolute atomic E-state index is 6.33. The van der Waals surface area contributed by atoms with Crippen molar-refractivity contribution in [3.63, 3.8) is 0 Å². The van der Waals surface area contributed by atoms with E-state index in [1.54, 1.807) is 0 Å². The fraction of sp³-hybridized carbons (Fsp3) is 0.259. The molecule has 0 saturated carbocycles. The van der Waals surface area contributed by atoms with E-state index < -0.39 is 0 Å². The maximum atomic E-state index is 6.33. The molecular weight excluding hydrogens is 388 g/mol. The van der Waals surface area contributed by atoms with Gasteiger partial charge in [0.15, 0.2) is 0 Å². The highest BCUT2D eigenvalue weighted by Crippen LogP contribution is 2.54. The van der Waals surface area contributed by atoms with Gasteiger partial charge in [-0.3, -0.25) is 0 Å². The normalized spacial score (nSPS) is 21.0. The van der Waals surface area contributed by atoms with Crippen LogP contribution in [0, 0.1) is 0 Å². The molecule has 0 spiro atoms. The minimum Gasteiger partial charge on any atom is -0.399 e. The Bertz CT molecular complexity index is 1030. The highest BCUT2D eigenvalue weighted by atomic mass is 35.5. The second-order valence-electron chi connectivity index (χ2n) is 8.09. The first-order chi connectivity index (χ1) is 14.6. The maximum Gasteiger partial charge on any atom is 0.0882 e. The highest BCUT2D eigenvalue weighted by molar-refractivity contribution is 6.29. The number of fused-ring (bicyclic) bond motifs is 1. The standard InChI is InChI=1S/C27H29ClN2/c1-3-4-7-18-27(22-12-14-23(28)15-13-22)26-9-6-5-8-25(26)20(2)30(27)19-21-10-16-24(29)17-11-21/h3-6,8-12,14,16-17H,2,7,13,15,18-19,29H2,1H3/b4-3-. The second kappa shape index (κ2) is 8.57. The SMILES string of the molecule is C=C1c2ccccc2C(CC/C=C\C)(C2=CC=C(Cl)CC2)N1Cc1ccc(N)cc1. The number of hydrogen-bond acceptors (Lipinski definition) is 2. The smallest absolute Gasteiger partial charge is 0.0882 e. The summed E-state index contributed by atoms with van der Waals surface area (Å²) in [6.07, 6.45) is 12.6. The molecule has 2 nitrogen and oxygen atoms in total. The molecule has 2 aromatic carbocycles. The van der Waals surface area contributed by atoms with Crippen LogP contribution < -0.4 is 5.73 Å². The monoisotopic (exact) mass is 416 g/mol. The summed E-state index contributed by atoms with van der Waals surface area (Å²) >= 11 is 6.33. The van der Waals surface area contributed by atoms with Gasteiger partial charge in [0.25, 0.3) is 0 Å². The Kier molecular flexibility index (Phi) is 5.87. The number of benzene rings is 2. The number of anilines is 1. The van der Waals surface area contributed by atoms with Crippen molar-refractivity contribution in [2.24, 2.45) is 0 Å². The lowest BCUT2D eigenvalue weighted by molar-refractivity contribution is 0.189. The van der Waals surface area contributed by atoms with Gasteiger partial charge in [-0.25, -0.2) is 0 Å². The van der Waals surface area contributed by atoms with E-state index in [9.17, 15) is 0 Å². The first-order valence-electron chi connectivity index (χ1n) is 10.6. The number of nitrogens with two attached hydrogens (primary N) is 1. The molecule has 2 aliphatic rings. The quantitative estimate of drug-likeness (QED) is 0.400. The summed E-state index contributed by atoms with van der Waals surface area (Å²) in [6.45, 7) is 7.41. The van der Waals surface area contributed by atoms with Gasteiger partial charge in [-0.2, -0.15) is 0 Å². The molecule has 154 valence electrons. The predicted octanol–water partition coefficient (Wildman–Crippen LogP) is 7.15. The summed E-state index contributed by atoms with van der Waals surface area (Å²) < 4.78 is 0. The molecular formula is C27H29ClN2. The lowest BCUT2D eigenvalue weighted by Crippen LogP contribution is -2.42. The number of nitrogen functional groups attached to an aromatic ring is 1. The zero-order valence-corrected chi connectivity index (χ0v) is 18.3. The Hall–Kier alpha value is -2.71. The molecule has 0 saturated heterocycles. The summed E-state index contributed by atoms with van der Waals surface area (Å²) in [5.74, 6) is 0. The van der Waals surface area contributed by atoms with Gasteiger partial charge >= 0.3 is 0 Å². The third-order valence-corrected chi connectivity index (χ3v) is 6.64. The van der Waals surface area contributed by atoms with Gasteiger partial charge in [0.1, 0.15) is 0 Å². The third kappa shape index (κ3) is 3.61. The molecule has 0 bridgehead atoms. The summed E-state index contributed by atoms with van der Waals surface area (Å²) in [4.78, 5) is 2.51. The van der Waals surface area contributed by atoms with E-state index in [-0.39, 0.29) is 5.54 Å². The Morgan fingerprint density at radius 3 is 2.57 bits per heavy atom. The topological polar surface area (TPSA) is 29.3 Å². The summed E-state index contributed by atoms with van der Waals surface area (Å²) in [7, 11) is 0. The molecule has 2 aromatic rings. The average molecular weight is 417 g/mol. The molecule has 30 heavy (non-hydrogen) atoms. The Balaban J connectivity index is 1.86. The molecule has 1 aliphatic carbocycles. The van der Waals surface area contributed by atoms with E-state index in [2.05, 4.69) is 79.1 Å². The van der Waals surface area contributed by atoms with Crippen molar-refractivity contribution in [3.8, 4) is 0 Å². The summed E-state index contributed by atoms with van der Waals surface area (Å²) in [6, 6.07) is 16.9. The van der Waals surface area contributed by atoms with Crippen LogP contribution in [0.2, 0.25) is 0 Å². The van der Waals surface area contributed by atoms with E-state index in [0.717, 1.165) is 48.6 Å². The molecule has 1 aliphatic heterocycles. The minimum atomic E-state index is -0.220. The lowest BCUT2D eigenvalue weighted by Gasteiger charge is -2.44. The molecule has 0 amide bonds. The van der Waals surface area contributed by atoms with Crippen LogP contribution in [0.1, 0.15) is 49.3 Å². The highest BCUT2D eigenvalue weighted by Gasteiger charge is 2.48. The molecule has 0 fully saturated rings. The Labute approximate surface area is 185 Å². The number of allylic oxidation sites excluding steroid dienone is 5. The molecule has 1 unspecified atom stereocenters. The van der Waals surface area contributed by atoms with Crippen LogP contribution in [0.3, 0.4) is 0 Å². The van der Waals surface area contributed by atoms with Gasteiger partial charge in [-0.1, -0.05) is 72.8 Å². The van der Waals surface area contributed by atoms with Gasteiger partial charge in [0, 0.05) is 28.5 Å². The van der Waals surface area contributed by atoms with E-state index in [0.29, 0.717) is 0 Å². The van der Waals surface area contributed by atoms with Crippen LogP contribution in [-0.2, 0) is 12.1 Å². The van der Waals surface area contributed by atoms with Crippen LogP contribution in [-0.4, -0.2) is 4.90 Å². The Morgan fingerprint density at radius 2 is 1.87 bits per heavy atom. The molecule has 0 aromatic heterocycles. The van der Waals surface area contributed by atoms with Crippen molar-refractivity contribution in [2.45, 2.75) is 44.7 Å². The van der Waals surface area contributed by atoms with Crippen LogP contribution in [0.25, 0.3) is 5.70 Å². The van der Waals surface area contributed by atoms with Crippen LogP contribution in [0.5, 0.6) is 0 Å². The van der Waals surface area contributed by atoms with Gasteiger partial charge in [0.05, 0.1) is 5.54 Å². The van der Waals surface area contributed by atoms with E-state index in [4.69, 9.17) is 17.3 Å². The second-order valence-corrected chi connectivity index (χ2v) is 8.58. The largest absolute Gasteiger partial charge is 0.399 e. The van der Waals surface area contributed by atoms with Gasteiger partial charge in [-0.15, -0.1) is 0 Å². The van der Waals surface area contributed by atoms with Crippen molar-refractivity contribution < 1.29 is 0 Å². The first-order valence-corrected chi connectivity index (χ1v) is 11.0. The Morgan fingerprint density at radius 1 is 1.10 bits per heavy atom. The third-order valence-electron chi connectivity index (χ3n) is 6.33. The molecule has 0 radical (unpaired) electrons. The zero-order chi connectivity index (χ0) is 21.1. The molecule has 4 rings (SSSR count). The van der Waals surface area contributed by atoms with Gasteiger partial charge in [0.2, 0.25) is 0 Å². The fourth-order valence-corrected chi connectivity index (χ4v) is 5.00. The predicted molar refractivity (Wildman–Crippen MR) is 129 cm³/mol. The van der Waals surface area contributed by atoms with Crippen molar-refractivity contribution >= 4 is 23.0 Å². The number of rotatable bonds is 6. The number of halogens is 1. The average Bonchev–Trinajstić information content (AvgIpc) is 3.00. The van der Waals surface area contributed by atoms with Gasteiger partial charge < -0.3 is 10.6 Å². The minimum absolute atomic E-state index is 0.220. The molecule has 2 N–H and O–H groups in total. The first kappa shape index (κ1) is 20.6. The molecule has 1 atom stereocenters. The van der Waals surface area contributed by atoms with E-state index in [1.807, 2.05) is 12.1 Å². The molecule has 1 heterocycles. The summed E-state index contributed by atoms with van der Waals surface area (Å²) in [5, 5.41) is 0.928. The fourth-order valence-electron chi connectivity index (χ4n) is 4.84. The van der Waals surface area contributed by atoms with Crippen molar-refractivity contribution in [2.75, 3.05) is 5.73 Å². The molecule has 3 heteroatoms. The number of nitrogens with zero attached hydrogens (tertiary/aromatic N) is 1. The van der Waals surface area contributed by atoms with E-state index >= 15 is 0 Å². The number of hydrogen-bond donors (Lipinski definition) is 1. The van der Waals surface area contributed by atoms with Gasteiger partial charge in [-0.05, 0) is 67.5 Å². The van der Waals surface area contributed by atoms with Crippen molar-refractivity contribution in [3.05, 3.63) is 107 Å². The van der Waals surface area contributed by atoms with Crippen molar-refractivity contribution in [1.82, 2.24) is 4.90 Å². The van der Waals surface area contributed by atoms with Crippen LogP contribution in [0.4, 0.5) is 5.69 Å². The van der Waals surface area contributed by atoms with Crippen LogP contribution in [0.15, 0.2) is 90.0 Å². The zero-order valence-electron chi connectivity index (χ0n) is 17.6. The van der Waals surface area contributed by atoms with Crippen LogP contribution >= 0.6 is 11.6 Å². The summed E-state index contributed by atoms with van der Waals surface area (Å²) in [5.41, 5.74) is 12.8. The lowest BCUT2D eigenvalue weighted by atomic mass is 9.75. The van der Waals surface area contributed by atoms with E-state index in [1.165, 1.54) is 22.3 Å². The van der Waals surface area contributed by atoms with Crippen molar-refractivity contribution in [1.29, 1.82) is 0 Å².